The molecule has 17 heavy (non-hydrogen) atoms. The number of hydrogen-bond donors (Lipinski definition) is 0. The quantitative estimate of drug-likeness (QED) is 0.747. The highest BCUT2D eigenvalue weighted by atomic mass is 19.1. The van der Waals surface area contributed by atoms with Crippen molar-refractivity contribution in [3.63, 3.8) is 0 Å². The molecule has 0 spiro atoms. The van der Waals surface area contributed by atoms with Crippen LogP contribution < -0.4 is 4.90 Å². The Hall–Kier alpha value is -1.91. The fourth-order valence-corrected chi connectivity index (χ4v) is 2.09. The van der Waals surface area contributed by atoms with Gasteiger partial charge in [0.05, 0.1) is 6.20 Å². The third-order valence-electron chi connectivity index (χ3n) is 2.93. The van der Waals surface area contributed by atoms with Crippen LogP contribution in [0.15, 0.2) is 29.1 Å². The number of halogens is 1. The largest absolute Gasteiger partial charge is 0.444 e. The van der Waals surface area contributed by atoms with Gasteiger partial charge in [-0.05, 0) is 18.9 Å². The van der Waals surface area contributed by atoms with E-state index >= 15 is 0 Å². The highest BCUT2D eigenvalue weighted by Crippen LogP contribution is 2.25. The van der Waals surface area contributed by atoms with Gasteiger partial charge in [-0.2, -0.15) is 4.39 Å². The molecule has 0 N–H and O–H groups in total. The van der Waals surface area contributed by atoms with Crippen molar-refractivity contribution in [2.75, 3.05) is 18.0 Å². The van der Waals surface area contributed by atoms with Crippen LogP contribution in [0, 0.1) is 5.95 Å². The zero-order chi connectivity index (χ0) is 11.7. The Labute approximate surface area is 98.1 Å². The second kappa shape index (κ2) is 4.16. The summed E-state index contributed by atoms with van der Waals surface area (Å²) >= 11 is 0. The first kappa shape index (κ1) is 10.3. The van der Waals surface area contributed by atoms with Crippen LogP contribution in [0.2, 0.25) is 0 Å². The van der Waals surface area contributed by atoms with E-state index in [4.69, 9.17) is 4.42 Å². The van der Waals surface area contributed by atoms with Gasteiger partial charge in [0.15, 0.2) is 12.2 Å². The maximum absolute atomic E-state index is 13.5. The molecule has 88 valence electrons. The minimum Gasteiger partial charge on any atom is -0.444 e. The lowest BCUT2D eigenvalue weighted by Gasteiger charge is -2.16. The molecule has 4 nitrogen and oxygen atoms in total. The van der Waals surface area contributed by atoms with Crippen molar-refractivity contribution in [1.29, 1.82) is 0 Å². The number of rotatable bonds is 2. The Kier molecular flexibility index (Phi) is 2.51. The highest BCUT2D eigenvalue weighted by molar-refractivity contribution is 5.61. The molecule has 2 aromatic heterocycles. The van der Waals surface area contributed by atoms with Crippen molar-refractivity contribution >= 4 is 5.82 Å². The van der Waals surface area contributed by atoms with E-state index in [9.17, 15) is 4.39 Å². The predicted molar refractivity (Wildman–Crippen MR) is 61.1 cm³/mol. The first-order valence-corrected chi connectivity index (χ1v) is 5.64. The van der Waals surface area contributed by atoms with Crippen LogP contribution in [0.1, 0.15) is 12.8 Å². The first-order valence-electron chi connectivity index (χ1n) is 5.64. The molecule has 1 saturated heterocycles. The molecule has 0 amide bonds. The summed E-state index contributed by atoms with van der Waals surface area (Å²) in [6.07, 6.45) is 5.18. The average molecular weight is 233 g/mol. The van der Waals surface area contributed by atoms with Crippen LogP contribution in [0.25, 0.3) is 11.3 Å². The molecule has 0 radical (unpaired) electrons. The Balaban J connectivity index is 2.00. The molecule has 1 aliphatic rings. The van der Waals surface area contributed by atoms with Gasteiger partial charge in [-0.3, -0.25) is 0 Å². The minimum absolute atomic E-state index is 0.485. The Bertz CT molecular complexity index is 506. The van der Waals surface area contributed by atoms with E-state index in [-0.39, 0.29) is 0 Å². The molecule has 0 unspecified atom stereocenters. The molecule has 0 aliphatic carbocycles. The van der Waals surface area contributed by atoms with Crippen LogP contribution in [-0.4, -0.2) is 23.1 Å². The van der Waals surface area contributed by atoms with Crippen molar-refractivity contribution in [2.45, 2.75) is 12.8 Å². The minimum atomic E-state index is -0.485. The van der Waals surface area contributed by atoms with E-state index in [2.05, 4.69) is 14.9 Å². The fraction of sp³-hybridized carbons (Fsp3) is 0.333. The second-order valence-electron chi connectivity index (χ2n) is 4.10. The number of anilines is 1. The molecule has 2 aromatic rings. The molecule has 0 aromatic carbocycles. The molecular weight excluding hydrogens is 221 g/mol. The summed E-state index contributed by atoms with van der Waals surface area (Å²) in [5.74, 6) is 0.751. The summed E-state index contributed by atoms with van der Waals surface area (Å²) in [5, 5.41) is 0. The van der Waals surface area contributed by atoms with Crippen molar-refractivity contribution in [1.82, 2.24) is 9.97 Å². The second-order valence-corrected chi connectivity index (χ2v) is 4.10. The summed E-state index contributed by atoms with van der Waals surface area (Å²) in [6.45, 7) is 1.87. The van der Waals surface area contributed by atoms with Crippen LogP contribution >= 0.6 is 0 Å². The van der Waals surface area contributed by atoms with Crippen LogP contribution in [0.4, 0.5) is 10.2 Å². The summed E-state index contributed by atoms with van der Waals surface area (Å²) in [5.41, 5.74) is 0.678. The molecule has 3 rings (SSSR count). The first-order chi connectivity index (χ1) is 8.33. The number of aromatic nitrogens is 2. The number of nitrogens with zero attached hydrogens (tertiary/aromatic N) is 3. The van der Waals surface area contributed by atoms with E-state index < -0.39 is 5.95 Å². The van der Waals surface area contributed by atoms with Gasteiger partial charge < -0.3 is 9.32 Å². The third-order valence-corrected chi connectivity index (χ3v) is 2.93. The zero-order valence-corrected chi connectivity index (χ0v) is 9.27. The Morgan fingerprint density at radius 3 is 2.76 bits per heavy atom. The summed E-state index contributed by atoms with van der Waals surface area (Å²) in [7, 11) is 0. The number of oxazole rings is 1. The molecule has 5 heteroatoms. The zero-order valence-electron chi connectivity index (χ0n) is 9.27. The van der Waals surface area contributed by atoms with E-state index in [0.717, 1.165) is 25.9 Å². The highest BCUT2D eigenvalue weighted by Gasteiger charge is 2.16. The predicted octanol–water partition coefficient (Wildman–Crippen LogP) is 2.48. The average Bonchev–Trinajstić information content (AvgIpc) is 3.02. The van der Waals surface area contributed by atoms with Crippen LogP contribution in [-0.2, 0) is 0 Å². The Morgan fingerprint density at radius 1 is 1.24 bits per heavy atom. The number of hydrogen-bond acceptors (Lipinski definition) is 4. The van der Waals surface area contributed by atoms with Crippen molar-refractivity contribution in [2.24, 2.45) is 0 Å². The lowest BCUT2D eigenvalue weighted by atomic mass is 10.2. The molecule has 0 atom stereocenters. The van der Waals surface area contributed by atoms with E-state index in [1.807, 2.05) is 6.07 Å². The topological polar surface area (TPSA) is 42.2 Å². The summed E-state index contributed by atoms with van der Waals surface area (Å²) < 4.78 is 18.6. The maximum atomic E-state index is 13.5. The van der Waals surface area contributed by atoms with Crippen molar-refractivity contribution in [3.05, 3.63) is 30.7 Å². The SMILES string of the molecule is Fc1cc(-c2cnco2)cc(N2CCCC2)n1. The summed E-state index contributed by atoms with van der Waals surface area (Å²) in [6, 6.07) is 3.20. The molecule has 3 heterocycles. The van der Waals surface area contributed by atoms with Crippen molar-refractivity contribution in [3.8, 4) is 11.3 Å². The van der Waals surface area contributed by atoms with Crippen molar-refractivity contribution < 1.29 is 8.81 Å². The normalized spacial score (nSPS) is 15.5. The molecule has 1 aliphatic heterocycles. The van der Waals surface area contributed by atoms with Gasteiger partial charge in [-0.15, -0.1) is 0 Å². The third kappa shape index (κ3) is 2.00. The van der Waals surface area contributed by atoms with Crippen LogP contribution in [0.3, 0.4) is 0 Å². The van der Waals surface area contributed by atoms with Crippen LogP contribution in [0.5, 0.6) is 0 Å². The van der Waals surface area contributed by atoms with Gasteiger partial charge in [0.2, 0.25) is 5.95 Å². The lowest BCUT2D eigenvalue weighted by molar-refractivity contribution is 0.564. The molecule has 1 fully saturated rings. The van der Waals surface area contributed by atoms with E-state index in [1.54, 1.807) is 6.20 Å². The Morgan fingerprint density at radius 2 is 2.06 bits per heavy atom. The summed E-state index contributed by atoms with van der Waals surface area (Å²) in [4.78, 5) is 9.84. The molecular formula is C12H12FN3O. The molecule has 0 bridgehead atoms. The van der Waals surface area contributed by atoms with Gasteiger partial charge in [-0.25, -0.2) is 9.97 Å². The maximum Gasteiger partial charge on any atom is 0.215 e. The fourth-order valence-electron chi connectivity index (χ4n) is 2.09. The number of pyridine rings is 1. The van der Waals surface area contributed by atoms with Gasteiger partial charge in [0, 0.05) is 24.7 Å². The van der Waals surface area contributed by atoms with Gasteiger partial charge >= 0.3 is 0 Å². The van der Waals surface area contributed by atoms with E-state index in [0.29, 0.717) is 17.1 Å². The van der Waals surface area contributed by atoms with Gasteiger partial charge in [-0.1, -0.05) is 0 Å². The monoisotopic (exact) mass is 233 g/mol. The van der Waals surface area contributed by atoms with Gasteiger partial charge in [0.1, 0.15) is 5.82 Å². The molecule has 0 saturated carbocycles. The van der Waals surface area contributed by atoms with Gasteiger partial charge in [0.25, 0.3) is 0 Å². The van der Waals surface area contributed by atoms with E-state index in [1.165, 1.54) is 12.5 Å². The smallest absolute Gasteiger partial charge is 0.215 e. The standard InChI is InChI=1S/C12H12FN3O/c13-11-5-9(10-7-14-8-17-10)6-12(15-11)16-3-1-2-4-16/h5-8H,1-4H2. The lowest BCUT2D eigenvalue weighted by Crippen LogP contribution is -2.19.